The Labute approximate surface area is 781 Å². The molecule has 10 heterocycles. The fourth-order valence-corrected chi connectivity index (χ4v) is 16.3. The molecule has 6 aromatic carbocycles. The third kappa shape index (κ3) is 23.3. The number of carboxylic acid groups (broad SMARTS) is 2. The molecule has 12 aromatic rings. The number of carboxylic acids is 2. The van der Waals surface area contributed by atoms with Crippen molar-refractivity contribution in [2.45, 2.75) is 98.1 Å². The van der Waals surface area contributed by atoms with E-state index in [-0.39, 0.29) is 89.7 Å². The molecule has 6 N–H and O–H groups in total. The minimum absolute atomic E-state index is 0. The van der Waals surface area contributed by atoms with Gasteiger partial charge in [-0.1, -0.05) is 23.4 Å². The Bertz CT molecular complexity index is 6430. The van der Waals surface area contributed by atoms with Crippen molar-refractivity contribution >= 4 is 102 Å². The Hall–Kier alpha value is -12.5. The molecular weight excluding hydrogens is 1830 g/mol. The second kappa shape index (κ2) is 45.9. The first-order valence-electron chi connectivity index (χ1n) is 41.1. The van der Waals surface area contributed by atoms with Crippen LogP contribution in [0.15, 0.2) is 148 Å². The topological polar surface area (TPSA) is 353 Å². The number of nitrogens with one attached hydrogen (secondary N) is 3. The molecule has 4 fully saturated rings. The molecule has 4 aliphatic rings. The van der Waals surface area contributed by atoms with Gasteiger partial charge in [-0.25, -0.2) is 73.1 Å². The molecule has 4 aliphatic heterocycles. The van der Waals surface area contributed by atoms with Crippen LogP contribution in [0.5, 0.6) is 0 Å². The molecular formula is C93H96BrF10LiN12O17. The first-order chi connectivity index (χ1) is 62.4. The molecule has 0 saturated carbocycles. The molecule has 41 heteroatoms. The van der Waals surface area contributed by atoms with Gasteiger partial charge in [0.25, 0.3) is 22.9 Å². The van der Waals surface area contributed by atoms with E-state index in [2.05, 4.69) is 53.5 Å². The summed E-state index contributed by atoms with van der Waals surface area (Å²) < 4.78 is 179. The van der Waals surface area contributed by atoms with Gasteiger partial charge in [-0.05, 0) is 162 Å². The average molecular weight is 1930 g/mol. The molecule has 16 rings (SSSR count). The van der Waals surface area contributed by atoms with E-state index < -0.39 is 128 Å². The number of halogens is 11. The molecule has 0 aliphatic carbocycles. The van der Waals surface area contributed by atoms with Crippen LogP contribution < -0.4 is 60.6 Å². The smallest absolute Gasteiger partial charge is 0.870 e. The number of hydrogen-bond donors (Lipinski definition) is 5. The first kappa shape index (κ1) is 105. The third-order valence-corrected chi connectivity index (χ3v) is 23.1. The number of carbonyl (C=O) groups is 6. The van der Waals surface area contributed by atoms with Crippen LogP contribution in [0.4, 0.5) is 61.0 Å². The maximum Gasteiger partial charge on any atom is 1.00 e. The number of amides is 2. The molecule has 4 saturated heterocycles. The normalized spacial score (nSPS) is 16.3. The number of ether oxygens (including phenoxy) is 6. The van der Waals surface area contributed by atoms with Gasteiger partial charge < -0.3 is 92.7 Å². The first-order valence-corrected chi connectivity index (χ1v) is 41.9. The maximum absolute atomic E-state index is 15.3. The van der Waals surface area contributed by atoms with Gasteiger partial charge in [0, 0.05) is 157 Å². The van der Waals surface area contributed by atoms with Crippen LogP contribution in [-0.2, 0) is 64.9 Å². The van der Waals surface area contributed by atoms with Gasteiger partial charge in [-0.3, -0.25) is 19.2 Å². The number of anilines is 3. The number of aromatic carboxylic acids is 1. The number of aliphatic carboxylic acids is 1. The fourth-order valence-electron chi connectivity index (χ4n) is 15.9. The molecule has 134 heavy (non-hydrogen) atoms. The zero-order valence-electron chi connectivity index (χ0n) is 73.8. The number of benzene rings is 6. The van der Waals surface area contributed by atoms with Crippen molar-refractivity contribution in [3.05, 3.63) is 262 Å². The summed E-state index contributed by atoms with van der Waals surface area (Å²) in [6.45, 7) is 17.8. The van der Waals surface area contributed by atoms with Crippen LogP contribution in [0, 0.1) is 72.0 Å². The summed E-state index contributed by atoms with van der Waals surface area (Å²) in [5.74, 6) is -16.5. The number of fused-ring (bicyclic) bond motifs is 4. The SMILES string of the molecule is C.COC(=O)[C@H](Cc1ccc(-c2c(C)c3cc(F)ccc3n(C)c2=O)c2nccn12)NC(=O)c1c(F)cc(N2CCOC[C@H]2C)cc1F.COC(=O)c1c(F)cc(Br)cc1F.C[C@@H]1COCCN1.C[C@@H]1COCCN1c1cc(F)c(C(=O)O)c(F)c1.Cc1c(-c2ccc(C[C@H](NC(=O)c3c(F)cc(N4CCOC[C@H]4C)cc3F)C(=O)O)n3ccnc23)c(=O)n(C)c2ccc(F)cc12.[Li+].[OH-]. The average Bonchev–Trinajstić information content (AvgIpc) is 1.37. The molecule has 2 amide bonds. The third-order valence-electron chi connectivity index (χ3n) is 22.6. The second-order valence-corrected chi connectivity index (χ2v) is 32.2. The molecule has 29 nitrogen and oxygen atoms in total. The zero-order chi connectivity index (χ0) is 94.8. The van der Waals surface area contributed by atoms with Crippen molar-refractivity contribution in [1.29, 1.82) is 0 Å². The van der Waals surface area contributed by atoms with E-state index in [0.29, 0.717) is 149 Å². The van der Waals surface area contributed by atoms with E-state index in [4.69, 9.17) is 28.8 Å². The molecule has 6 atom stereocenters. The molecule has 708 valence electrons. The van der Waals surface area contributed by atoms with Gasteiger partial charge >= 0.3 is 42.7 Å². The Morgan fingerprint density at radius 1 is 0.507 bits per heavy atom. The number of imidazole rings is 2. The van der Waals surface area contributed by atoms with Crippen LogP contribution in [0.3, 0.4) is 0 Å². The van der Waals surface area contributed by atoms with Gasteiger partial charge in [0.2, 0.25) is 0 Å². The molecule has 0 spiro atoms. The fraction of sp³-hybridized carbons (Fsp3) is 0.333. The van der Waals surface area contributed by atoms with E-state index in [0.717, 1.165) is 82.5 Å². The number of nitrogens with zero attached hydrogens (tertiary/aromatic N) is 9. The van der Waals surface area contributed by atoms with E-state index in [1.165, 1.54) is 51.9 Å². The number of aryl methyl sites for hydroxylation is 4. The van der Waals surface area contributed by atoms with Crippen molar-refractivity contribution in [2.75, 3.05) is 108 Å². The van der Waals surface area contributed by atoms with Crippen LogP contribution in [0.1, 0.15) is 99.1 Å². The molecule has 0 radical (unpaired) electrons. The van der Waals surface area contributed by atoms with Gasteiger partial charge in [0.1, 0.15) is 104 Å². The second-order valence-electron chi connectivity index (χ2n) is 31.3. The van der Waals surface area contributed by atoms with E-state index in [9.17, 15) is 69.8 Å². The Kier molecular flexibility index (Phi) is 36.1. The van der Waals surface area contributed by atoms with Crippen LogP contribution in [0.25, 0.3) is 55.4 Å². The number of carbonyl (C=O) groups excluding carboxylic acids is 4. The van der Waals surface area contributed by atoms with Crippen molar-refractivity contribution < 1.29 is 136 Å². The van der Waals surface area contributed by atoms with E-state index >= 15 is 17.6 Å². The van der Waals surface area contributed by atoms with Crippen molar-refractivity contribution in [1.82, 2.24) is 43.9 Å². The van der Waals surface area contributed by atoms with Crippen molar-refractivity contribution in [3.8, 4) is 22.3 Å². The maximum atomic E-state index is 15.3. The summed E-state index contributed by atoms with van der Waals surface area (Å²) in [6.07, 6.45) is 5.75. The number of pyridine rings is 4. The van der Waals surface area contributed by atoms with Gasteiger partial charge in [-0.15, -0.1) is 0 Å². The van der Waals surface area contributed by atoms with Gasteiger partial charge in [-0.2, -0.15) is 0 Å². The summed E-state index contributed by atoms with van der Waals surface area (Å²) in [5, 5.41) is 27.7. The Morgan fingerprint density at radius 2 is 0.873 bits per heavy atom. The predicted molar refractivity (Wildman–Crippen MR) is 477 cm³/mol. The Morgan fingerprint density at radius 3 is 1.21 bits per heavy atom. The summed E-state index contributed by atoms with van der Waals surface area (Å²) in [5.41, 5.74) is 2.27. The number of hydrogen-bond acceptors (Lipinski definition) is 21. The van der Waals surface area contributed by atoms with Crippen LogP contribution >= 0.6 is 15.9 Å². The molecule has 0 bridgehead atoms. The summed E-state index contributed by atoms with van der Waals surface area (Å²) in [7, 11) is 5.39. The molecule has 0 unspecified atom stereocenters. The summed E-state index contributed by atoms with van der Waals surface area (Å²) in [4.78, 5) is 114. The number of morpholine rings is 4. The zero-order valence-corrected chi connectivity index (χ0v) is 75.4. The monoisotopic (exact) mass is 1930 g/mol. The van der Waals surface area contributed by atoms with Crippen LogP contribution in [-0.4, -0.2) is 209 Å². The Balaban J connectivity index is 0.000000214. The number of methoxy groups -OCH3 is 2. The van der Waals surface area contributed by atoms with Gasteiger partial charge in [0.05, 0.1) is 89.2 Å². The van der Waals surface area contributed by atoms with Crippen LogP contribution in [0.2, 0.25) is 0 Å². The summed E-state index contributed by atoms with van der Waals surface area (Å²) in [6, 6.07) is 20.7. The number of esters is 2. The van der Waals surface area contributed by atoms with Crippen molar-refractivity contribution in [2.24, 2.45) is 14.1 Å². The quantitative estimate of drug-likeness (QED) is 0.0321. The van der Waals surface area contributed by atoms with Crippen molar-refractivity contribution in [3.63, 3.8) is 0 Å². The van der Waals surface area contributed by atoms with Gasteiger partial charge in [0.15, 0.2) is 0 Å². The van der Waals surface area contributed by atoms with E-state index in [1.54, 1.807) is 94.2 Å². The summed E-state index contributed by atoms with van der Waals surface area (Å²) >= 11 is 2.89. The number of aromatic nitrogens is 6. The molecule has 6 aromatic heterocycles. The largest absolute Gasteiger partial charge is 1.00 e. The minimum atomic E-state index is -1.61. The standard InChI is InChI=1S/C34H32F3N5O5.C33H30F3N5O5.C12H13F2NO3.C8H5BrF2O2.C5H11NO.CH4.Li.H2O/c1-18-17-47-12-11-41(18)22-14-25(36)30(26(37)15-22)32(43)39-27(34(45)46-4)16-21-6-7-23(31-38-9-10-42(21)31)29-19(2)24-13-20(35)5-8-28(24)40(3)33(29)44;1-17-16-46-11-10-40(17)21-13-24(35)29(25(36)14-21)31(42)38-26(33(44)45)15-20-5-6-22(30-37-8-9-41(20)30)28-18(2)23-12-19(34)4-7-27(23)39(3)32(28)43;1-7-6-18-3-2-15(7)8-4-9(13)11(12(16)17)10(14)5-8;1-13-8(12)7-5(10)2-4(9)3-6(7)11;1-5-4-7-3-2-6-5;;;/h5-10,13-15,18,27H,11-12,16-17H2,1-4H3,(H,39,43);4-9,12-14,17,26H,10-11,15-16H2,1-3H3,(H,38,42)(H,44,45);4-5,7H,2-3,6H2,1H3,(H,16,17);2-3H,1H3;5-6H,2-4H2,1H3;1H4;;1H2/q;;;;;;+1;/p-1/t18-,27+;17-,26+;7-;;5-;;;/m111.1.../s1. The number of rotatable bonds is 17. The van der Waals surface area contributed by atoms with E-state index in [1.807, 2.05) is 20.8 Å². The predicted octanol–water partition coefficient (Wildman–Crippen LogP) is 10.4. The minimum Gasteiger partial charge on any atom is -0.870 e.